The molecule has 0 unspecified atom stereocenters. The molecule has 0 fully saturated rings. The Balaban J connectivity index is 2.85. The van der Waals surface area contributed by atoms with Crippen LogP contribution in [0.5, 0.6) is 0 Å². The molecule has 34 valence electrons. The van der Waals surface area contributed by atoms with Crippen molar-refractivity contribution >= 4 is 6.72 Å². The predicted molar refractivity (Wildman–Crippen MR) is 23.5 cm³/mol. The zero-order valence-electron chi connectivity index (χ0n) is 3.33. The minimum absolute atomic E-state index is 0.260. The summed E-state index contributed by atoms with van der Waals surface area (Å²) in [5.41, 5.74) is 0. The quantitative estimate of drug-likeness (QED) is 0.218. The molecule has 2 N–H and O–H groups in total. The Hall–Kier alpha value is -0.930. The molecule has 0 aromatic heterocycles. The molecule has 4 heteroatoms. The fourth-order valence-corrected chi connectivity index (χ4v) is 0.0812. The van der Waals surface area contributed by atoms with Crippen LogP contribution in [0.1, 0.15) is 0 Å². The van der Waals surface area contributed by atoms with E-state index < -0.39 is 0 Å². The first-order chi connectivity index (χ1) is 2.91. The van der Waals surface area contributed by atoms with Crippen LogP contribution in [-0.4, -0.2) is 13.4 Å². The fourth-order valence-electron chi connectivity index (χ4n) is 0.0812. The Kier molecular flexibility index (Phi) is 3.44. The van der Waals surface area contributed by atoms with E-state index >= 15 is 0 Å². The molecule has 0 rings (SSSR count). The lowest BCUT2D eigenvalue weighted by molar-refractivity contribution is 0.907. The van der Waals surface area contributed by atoms with Gasteiger partial charge in [0, 0.05) is 0 Å². The number of aliphatic imine (C=N–C) groups is 1. The van der Waals surface area contributed by atoms with E-state index in [1.54, 1.807) is 0 Å². The molecule has 6 heavy (non-hydrogen) atoms. The first-order valence-corrected chi connectivity index (χ1v) is 1.41. The van der Waals surface area contributed by atoms with E-state index in [1.807, 2.05) is 0 Å². The topological polar surface area (TPSA) is 63.1 Å². The smallest absolute Gasteiger partial charge is 0.151 e. The summed E-state index contributed by atoms with van der Waals surface area (Å²) in [6, 6.07) is 0. The van der Waals surface area contributed by atoms with Gasteiger partial charge >= 0.3 is 0 Å². The van der Waals surface area contributed by atoms with E-state index in [4.69, 9.17) is 0 Å². The lowest BCUT2D eigenvalue weighted by Gasteiger charge is -1.71. The summed E-state index contributed by atoms with van der Waals surface area (Å²) in [5.74, 6) is 4.59. The standard InChI is InChI=1S/C2H6N4/c1-4-2-5-6-3/h1-2H2,(H2,3,5). The van der Waals surface area contributed by atoms with E-state index in [-0.39, 0.29) is 6.67 Å². The summed E-state index contributed by atoms with van der Waals surface area (Å²) in [4.78, 5) is 3.34. The van der Waals surface area contributed by atoms with Crippen molar-refractivity contribution in [3.8, 4) is 0 Å². The van der Waals surface area contributed by atoms with Crippen LogP contribution >= 0.6 is 0 Å². The van der Waals surface area contributed by atoms with Gasteiger partial charge in [0.25, 0.3) is 0 Å². The second kappa shape index (κ2) is 4.07. The molecule has 0 amide bonds. The van der Waals surface area contributed by atoms with E-state index in [1.165, 1.54) is 0 Å². The molecule has 0 aromatic carbocycles. The van der Waals surface area contributed by atoms with Gasteiger partial charge in [-0.3, -0.25) is 4.99 Å². The Morgan fingerprint density at radius 2 is 2.33 bits per heavy atom. The number of nitrogens with two attached hydrogens (primary N) is 1. The third-order valence-corrected chi connectivity index (χ3v) is 0.245. The van der Waals surface area contributed by atoms with Crippen LogP contribution in [0.15, 0.2) is 15.3 Å². The molecular weight excluding hydrogens is 80.0 g/mol. The predicted octanol–water partition coefficient (Wildman–Crippen LogP) is -0.0296. The Morgan fingerprint density at radius 3 is 2.50 bits per heavy atom. The summed E-state index contributed by atoms with van der Waals surface area (Å²) < 4.78 is 0. The first kappa shape index (κ1) is 5.07. The Bertz CT molecular complexity index is 56.6. The zero-order valence-corrected chi connectivity index (χ0v) is 3.33. The summed E-state index contributed by atoms with van der Waals surface area (Å²) >= 11 is 0. The van der Waals surface area contributed by atoms with Crippen LogP contribution in [-0.2, 0) is 0 Å². The molecule has 0 saturated carbocycles. The number of hydrogen-bond donors (Lipinski definition) is 1. The molecule has 0 spiro atoms. The molecule has 0 bridgehead atoms. The van der Waals surface area contributed by atoms with Crippen molar-refractivity contribution in [3.63, 3.8) is 0 Å². The largest absolute Gasteiger partial charge is 0.305 e. The van der Waals surface area contributed by atoms with Gasteiger partial charge in [-0.2, -0.15) is 0 Å². The van der Waals surface area contributed by atoms with Crippen LogP contribution in [0.3, 0.4) is 0 Å². The maximum Gasteiger partial charge on any atom is 0.151 e. The fraction of sp³-hybridized carbons (Fsp3) is 0.500. The van der Waals surface area contributed by atoms with Crippen molar-refractivity contribution in [3.05, 3.63) is 0 Å². The highest BCUT2D eigenvalue weighted by Crippen LogP contribution is 1.64. The van der Waals surface area contributed by atoms with Gasteiger partial charge in [0.2, 0.25) is 0 Å². The van der Waals surface area contributed by atoms with Gasteiger partial charge in [0.05, 0.1) is 0 Å². The normalized spacial score (nSPS) is 9.33. The van der Waals surface area contributed by atoms with Crippen molar-refractivity contribution in [2.45, 2.75) is 0 Å². The van der Waals surface area contributed by atoms with Crippen LogP contribution in [0.4, 0.5) is 0 Å². The van der Waals surface area contributed by atoms with E-state index in [0.717, 1.165) is 0 Å². The van der Waals surface area contributed by atoms with E-state index in [9.17, 15) is 0 Å². The summed E-state index contributed by atoms with van der Waals surface area (Å²) in [7, 11) is 0. The van der Waals surface area contributed by atoms with Gasteiger partial charge in [-0.25, -0.2) is 0 Å². The first-order valence-electron chi connectivity index (χ1n) is 1.41. The molecule has 0 aliphatic heterocycles. The van der Waals surface area contributed by atoms with Gasteiger partial charge in [-0.15, -0.1) is 5.11 Å². The van der Waals surface area contributed by atoms with Crippen LogP contribution in [0, 0.1) is 0 Å². The Morgan fingerprint density at radius 1 is 1.67 bits per heavy atom. The molecule has 4 nitrogen and oxygen atoms in total. The van der Waals surface area contributed by atoms with Gasteiger partial charge in [-0.05, 0) is 6.72 Å². The maximum atomic E-state index is 4.59. The lowest BCUT2D eigenvalue weighted by Crippen LogP contribution is -1.75. The second-order valence-electron chi connectivity index (χ2n) is 0.622. The maximum absolute atomic E-state index is 4.59. The average Bonchev–Trinajstić information content (AvgIpc) is 1.61. The van der Waals surface area contributed by atoms with Gasteiger partial charge < -0.3 is 5.84 Å². The number of rotatable bonds is 2. The molecule has 0 aliphatic carbocycles. The SMILES string of the molecule is C=NCN=NN. The summed E-state index contributed by atoms with van der Waals surface area (Å²) in [5, 5.41) is 6.18. The molecular formula is C2H6N4. The third-order valence-electron chi connectivity index (χ3n) is 0.245. The lowest BCUT2D eigenvalue weighted by atomic mass is 11.2. The van der Waals surface area contributed by atoms with Gasteiger partial charge in [-0.1, -0.05) is 5.22 Å². The summed E-state index contributed by atoms with van der Waals surface area (Å²) in [6.07, 6.45) is 0. The second-order valence-corrected chi connectivity index (χ2v) is 0.622. The highest BCUT2D eigenvalue weighted by atomic mass is 15.3. The van der Waals surface area contributed by atoms with Crippen molar-refractivity contribution in [2.24, 2.45) is 21.2 Å². The van der Waals surface area contributed by atoms with Gasteiger partial charge in [0.1, 0.15) is 0 Å². The molecule has 0 heterocycles. The average molecular weight is 86.1 g/mol. The third kappa shape index (κ3) is 3.07. The molecule has 0 atom stereocenters. The van der Waals surface area contributed by atoms with Gasteiger partial charge in [0.15, 0.2) is 6.67 Å². The van der Waals surface area contributed by atoms with Crippen molar-refractivity contribution in [1.29, 1.82) is 0 Å². The van der Waals surface area contributed by atoms with E-state index in [2.05, 4.69) is 27.9 Å². The van der Waals surface area contributed by atoms with Crippen molar-refractivity contribution < 1.29 is 0 Å². The van der Waals surface area contributed by atoms with Crippen LogP contribution < -0.4 is 5.84 Å². The monoisotopic (exact) mass is 86.1 g/mol. The minimum atomic E-state index is 0.260. The zero-order chi connectivity index (χ0) is 4.83. The van der Waals surface area contributed by atoms with Crippen molar-refractivity contribution in [1.82, 2.24) is 0 Å². The number of nitrogens with zero attached hydrogens (tertiary/aromatic N) is 3. The van der Waals surface area contributed by atoms with Crippen LogP contribution in [0.2, 0.25) is 0 Å². The van der Waals surface area contributed by atoms with E-state index in [0.29, 0.717) is 0 Å². The molecule has 0 aliphatic rings. The highest BCUT2D eigenvalue weighted by Gasteiger charge is 1.58. The minimum Gasteiger partial charge on any atom is -0.305 e. The molecule has 0 radical (unpaired) electrons. The van der Waals surface area contributed by atoms with Crippen molar-refractivity contribution in [2.75, 3.05) is 6.67 Å². The number of hydrogen-bond acceptors (Lipinski definition) is 3. The molecule has 0 saturated heterocycles. The van der Waals surface area contributed by atoms with Crippen LogP contribution in [0.25, 0.3) is 0 Å². The molecule has 0 aromatic rings. The summed E-state index contributed by atoms with van der Waals surface area (Å²) in [6.45, 7) is 3.40. The Labute approximate surface area is 35.8 Å². The highest BCUT2D eigenvalue weighted by molar-refractivity contribution is 5.22.